The van der Waals surface area contributed by atoms with Crippen molar-refractivity contribution >= 4 is 11.8 Å². The lowest BCUT2D eigenvalue weighted by Gasteiger charge is -2.34. The van der Waals surface area contributed by atoms with Gasteiger partial charge in [-0.3, -0.25) is 14.5 Å². The Hall–Kier alpha value is -2.83. The molecule has 0 saturated carbocycles. The fourth-order valence-corrected chi connectivity index (χ4v) is 4.79. The van der Waals surface area contributed by atoms with Crippen LogP contribution in [0.2, 0.25) is 0 Å². The van der Waals surface area contributed by atoms with Gasteiger partial charge in [-0.05, 0) is 5.41 Å². The first-order chi connectivity index (χ1) is 16.7. The van der Waals surface area contributed by atoms with Crippen LogP contribution in [0.4, 0.5) is 0 Å². The van der Waals surface area contributed by atoms with Gasteiger partial charge in [0.25, 0.3) is 0 Å². The Morgan fingerprint density at radius 2 is 2.00 bits per heavy atom. The highest BCUT2D eigenvalue weighted by atomic mass is 16.5. The molecule has 2 saturated heterocycles. The van der Waals surface area contributed by atoms with Gasteiger partial charge in [0.15, 0.2) is 0 Å². The van der Waals surface area contributed by atoms with E-state index < -0.39 is 23.6 Å². The molecule has 0 radical (unpaired) electrons. The van der Waals surface area contributed by atoms with Gasteiger partial charge < -0.3 is 24.6 Å². The minimum absolute atomic E-state index is 0.116. The average Bonchev–Trinajstić information content (AvgIpc) is 3.54. The van der Waals surface area contributed by atoms with Crippen LogP contribution in [0.25, 0.3) is 0 Å². The smallest absolute Gasteiger partial charge is 0.248 e. The molecule has 0 aromatic carbocycles. The van der Waals surface area contributed by atoms with Gasteiger partial charge in [-0.1, -0.05) is 26.0 Å². The van der Waals surface area contributed by atoms with E-state index in [0.29, 0.717) is 12.2 Å². The molecule has 12 heteroatoms. The fourth-order valence-electron chi connectivity index (χ4n) is 4.79. The van der Waals surface area contributed by atoms with E-state index in [-0.39, 0.29) is 24.8 Å². The number of ether oxygens (including phenoxy) is 1. The van der Waals surface area contributed by atoms with Crippen molar-refractivity contribution in [3.8, 4) is 0 Å². The minimum atomic E-state index is -0.737. The lowest BCUT2D eigenvalue weighted by molar-refractivity contribution is -0.144. The van der Waals surface area contributed by atoms with Gasteiger partial charge in [-0.2, -0.15) is 0 Å². The summed E-state index contributed by atoms with van der Waals surface area (Å²) in [5.74, 6) is 0.397. The van der Waals surface area contributed by atoms with Gasteiger partial charge in [-0.15, -0.1) is 5.10 Å². The molecule has 2 amide bonds. The summed E-state index contributed by atoms with van der Waals surface area (Å²) in [6.45, 7) is 10.4. The number of likely N-dealkylation sites (tertiary alicyclic amines) is 1. The van der Waals surface area contributed by atoms with E-state index >= 15 is 0 Å². The van der Waals surface area contributed by atoms with E-state index in [1.807, 2.05) is 31.5 Å². The Bertz CT molecular complexity index is 1020. The van der Waals surface area contributed by atoms with E-state index in [1.165, 1.54) is 11.9 Å². The molecule has 2 aromatic heterocycles. The molecule has 35 heavy (non-hydrogen) atoms. The van der Waals surface area contributed by atoms with Crippen LogP contribution in [0.1, 0.15) is 44.8 Å². The van der Waals surface area contributed by atoms with Crippen molar-refractivity contribution in [3.05, 3.63) is 30.1 Å². The molecule has 0 spiro atoms. The number of amides is 2. The monoisotopic (exact) mass is 488 g/mol. The van der Waals surface area contributed by atoms with Crippen LogP contribution in [0.5, 0.6) is 0 Å². The average molecular weight is 489 g/mol. The Labute approximate surface area is 205 Å². The van der Waals surface area contributed by atoms with Crippen LogP contribution in [-0.2, 0) is 27.4 Å². The fraction of sp³-hybridized carbons (Fsp3) is 0.696. The van der Waals surface area contributed by atoms with E-state index in [4.69, 9.17) is 4.74 Å². The zero-order valence-corrected chi connectivity index (χ0v) is 20.9. The number of rotatable bonds is 7. The summed E-state index contributed by atoms with van der Waals surface area (Å²) in [6, 6.07) is -1.39. The molecular weight excluding hydrogens is 452 g/mol. The van der Waals surface area contributed by atoms with Crippen molar-refractivity contribution in [2.75, 3.05) is 39.9 Å². The van der Waals surface area contributed by atoms with Crippen molar-refractivity contribution in [1.82, 2.24) is 39.7 Å². The van der Waals surface area contributed by atoms with Gasteiger partial charge in [0, 0.05) is 45.5 Å². The highest BCUT2D eigenvalue weighted by Crippen LogP contribution is 2.34. The largest absolute Gasteiger partial charge is 0.391 e. The second-order valence-corrected chi connectivity index (χ2v) is 10.3. The lowest BCUT2D eigenvalue weighted by atomic mass is 9.85. The molecule has 4 rings (SSSR count). The number of carbonyl (C=O) groups excluding carboxylic acids is 2. The molecule has 2 unspecified atom stereocenters. The third-order valence-corrected chi connectivity index (χ3v) is 6.59. The molecule has 2 aliphatic heterocycles. The summed E-state index contributed by atoms with van der Waals surface area (Å²) < 4.78 is 9.05. The maximum atomic E-state index is 13.7. The molecule has 2 aromatic rings. The summed E-state index contributed by atoms with van der Waals surface area (Å²) in [5, 5.41) is 21.4. The van der Waals surface area contributed by atoms with Crippen LogP contribution < -0.4 is 5.32 Å². The van der Waals surface area contributed by atoms with E-state index in [2.05, 4.69) is 25.5 Å². The Morgan fingerprint density at radius 1 is 1.26 bits per heavy atom. The SMILES string of the molecule is CNC(=O)C1CC(O)CN1C(=O)[C@@H](n1cc(Cn2ccnc2CN2CCOCC2)nn1)C(C)(C)C. The van der Waals surface area contributed by atoms with E-state index in [0.717, 1.165) is 38.7 Å². The summed E-state index contributed by atoms with van der Waals surface area (Å²) in [4.78, 5) is 34.3. The molecule has 0 aliphatic carbocycles. The standard InChI is InChI=1S/C23H36N8O4/c1-23(2,3)20(22(34)30-14-17(32)11-18(30)21(33)24-4)31-13-16(26-27-31)12-29-6-5-25-19(29)15-28-7-9-35-10-8-28/h5-6,13,17-18,20,32H,7-12,14-15H2,1-4H3,(H,24,33)/t17?,18?,20-/m1/s1. The second-order valence-electron chi connectivity index (χ2n) is 10.3. The third-order valence-electron chi connectivity index (χ3n) is 6.59. The normalized spacial score (nSPS) is 22.4. The highest BCUT2D eigenvalue weighted by Gasteiger charge is 2.45. The molecule has 2 N–H and O–H groups in total. The number of hydrogen-bond donors (Lipinski definition) is 2. The Morgan fingerprint density at radius 3 is 2.69 bits per heavy atom. The predicted molar refractivity (Wildman–Crippen MR) is 126 cm³/mol. The number of aromatic nitrogens is 5. The predicted octanol–water partition coefficient (Wildman–Crippen LogP) is -0.350. The molecule has 0 bridgehead atoms. The molecule has 4 heterocycles. The number of morpholine rings is 1. The van der Waals surface area contributed by atoms with Gasteiger partial charge in [0.05, 0.1) is 38.6 Å². The van der Waals surface area contributed by atoms with Crippen LogP contribution in [-0.4, -0.2) is 103 Å². The summed E-state index contributed by atoms with van der Waals surface area (Å²) in [5.41, 5.74) is 0.205. The molecule has 12 nitrogen and oxygen atoms in total. The maximum Gasteiger partial charge on any atom is 0.248 e. The molecule has 192 valence electrons. The van der Waals surface area contributed by atoms with Gasteiger partial charge >= 0.3 is 0 Å². The number of likely N-dealkylation sites (N-methyl/N-ethyl adjacent to an activating group) is 1. The number of hydrogen-bond acceptors (Lipinski definition) is 8. The van der Waals surface area contributed by atoms with Crippen molar-refractivity contribution in [2.24, 2.45) is 5.41 Å². The first kappa shape index (κ1) is 25.3. The number of carbonyl (C=O) groups is 2. The Kier molecular flexibility index (Phi) is 7.53. The summed E-state index contributed by atoms with van der Waals surface area (Å²) in [6.07, 6.45) is 4.96. The number of aliphatic hydroxyl groups excluding tert-OH is 1. The van der Waals surface area contributed by atoms with Crippen LogP contribution in [0, 0.1) is 5.41 Å². The first-order valence-electron chi connectivity index (χ1n) is 12.1. The Balaban J connectivity index is 1.52. The third kappa shape index (κ3) is 5.71. The molecular formula is C23H36N8O4. The number of aliphatic hydroxyl groups is 1. The maximum absolute atomic E-state index is 13.7. The summed E-state index contributed by atoms with van der Waals surface area (Å²) >= 11 is 0. The highest BCUT2D eigenvalue weighted by molar-refractivity contribution is 5.90. The van der Waals surface area contributed by atoms with Crippen LogP contribution >= 0.6 is 0 Å². The van der Waals surface area contributed by atoms with Crippen LogP contribution in [0.3, 0.4) is 0 Å². The zero-order valence-electron chi connectivity index (χ0n) is 20.9. The number of β-amino-alcohol motifs (C(OH)–C–C–N with tert-alkyl or cyclic N) is 1. The lowest BCUT2D eigenvalue weighted by Crippen LogP contribution is -2.49. The van der Waals surface area contributed by atoms with Crippen LogP contribution in [0.15, 0.2) is 18.6 Å². The number of imidazole rings is 1. The molecule has 2 aliphatic rings. The molecule has 3 atom stereocenters. The number of nitrogens with one attached hydrogen (secondary N) is 1. The van der Waals surface area contributed by atoms with Crippen molar-refractivity contribution in [2.45, 2.75) is 58.5 Å². The molecule has 2 fully saturated rings. The van der Waals surface area contributed by atoms with Gasteiger partial charge in [-0.25, -0.2) is 9.67 Å². The topological polar surface area (TPSA) is 131 Å². The van der Waals surface area contributed by atoms with E-state index in [1.54, 1.807) is 17.1 Å². The zero-order chi connectivity index (χ0) is 25.2. The van der Waals surface area contributed by atoms with Gasteiger partial charge in [0.2, 0.25) is 11.8 Å². The quantitative estimate of drug-likeness (QED) is 0.541. The second kappa shape index (κ2) is 10.4. The van der Waals surface area contributed by atoms with Gasteiger partial charge in [0.1, 0.15) is 23.6 Å². The van der Waals surface area contributed by atoms with Crippen molar-refractivity contribution in [3.63, 3.8) is 0 Å². The number of nitrogens with zero attached hydrogens (tertiary/aromatic N) is 7. The van der Waals surface area contributed by atoms with E-state index in [9.17, 15) is 14.7 Å². The van der Waals surface area contributed by atoms with Crippen molar-refractivity contribution in [1.29, 1.82) is 0 Å². The summed E-state index contributed by atoms with van der Waals surface area (Å²) in [7, 11) is 1.53. The minimum Gasteiger partial charge on any atom is -0.391 e. The first-order valence-corrected chi connectivity index (χ1v) is 12.1. The van der Waals surface area contributed by atoms with Crippen molar-refractivity contribution < 1.29 is 19.4 Å².